The van der Waals surface area contributed by atoms with E-state index in [0.717, 1.165) is 24.3 Å². The highest BCUT2D eigenvalue weighted by Crippen LogP contribution is 2.23. The summed E-state index contributed by atoms with van der Waals surface area (Å²) in [6.07, 6.45) is 0. The molecule has 0 aliphatic carbocycles. The molecule has 1 atom stereocenters. The number of anilines is 1. The van der Waals surface area contributed by atoms with Gasteiger partial charge < -0.3 is 19.6 Å². The fourth-order valence-electron chi connectivity index (χ4n) is 3.55. The second kappa shape index (κ2) is 8.65. The molecule has 0 radical (unpaired) electrons. The van der Waals surface area contributed by atoms with E-state index >= 15 is 0 Å². The number of amides is 2. The van der Waals surface area contributed by atoms with Crippen molar-refractivity contribution in [1.82, 2.24) is 15.4 Å². The summed E-state index contributed by atoms with van der Waals surface area (Å²) in [5, 5.41) is 7.32. The monoisotopic (exact) mass is 404 g/mol. The summed E-state index contributed by atoms with van der Waals surface area (Å²) >= 11 is 6.05. The van der Waals surface area contributed by atoms with E-state index in [4.69, 9.17) is 16.1 Å². The van der Waals surface area contributed by atoms with E-state index in [1.54, 1.807) is 25.7 Å². The Kier molecular flexibility index (Phi) is 6.24. The first-order valence-corrected chi connectivity index (χ1v) is 9.73. The summed E-state index contributed by atoms with van der Waals surface area (Å²) < 4.78 is 5.12. The average Bonchev–Trinajstić information content (AvgIpc) is 3.03. The number of nitrogens with one attached hydrogen (secondary N) is 1. The van der Waals surface area contributed by atoms with Gasteiger partial charge in [0.15, 0.2) is 0 Å². The molecule has 1 unspecified atom stereocenters. The van der Waals surface area contributed by atoms with Gasteiger partial charge >= 0.3 is 0 Å². The van der Waals surface area contributed by atoms with Crippen molar-refractivity contribution >= 4 is 29.1 Å². The molecule has 1 N–H and O–H groups in total. The number of aromatic nitrogens is 1. The molecule has 0 saturated carbocycles. The number of benzene rings is 1. The van der Waals surface area contributed by atoms with E-state index in [1.807, 2.05) is 24.3 Å². The van der Waals surface area contributed by atoms with Gasteiger partial charge in [0.25, 0.3) is 0 Å². The van der Waals surface area contributed by atoms with Crippen LogP contribution < -0.4 is 10.2 Å². The van der Waals surface area contributed by atoms with Crippen LogP contribution >= 0.6 is 11.6 Å². The minimum atomic E-state index is -0.418. The van der Waals surface area contributed by atoms with E-state index in [1.165, 1.54) is 0 Å². The van der Waals surface area contributed by atoms with Crippen LogP contribution in [0.3, 0.4) is 0 Å². The van der Waals surface area contributed by atoms with Crippen LogP contribution in [0.15, 0.2) is 28.8 Å². The van der Waals surface area contributed by atoms with Crippen LogP contribution in [0, 0.1) is 13.8 Å². The normalized spacial score (nSPS) is 15.4. The van der Waals surface area contributed by atoms with Crippen molar-refractivity contribution in [1.29, 1.82) is 0 Å². The summed E-state index contributed by atoms with van der Waals surface area (Å²) in [5.74, 6) is -0.0762. The second-order valence-electron chi connectivity index (χ2n) is 7.03. The van der Waals surface area contributed by atoms with Crippen LogP contribution in [0.4, 0.5) is 5.69 Å². The maximum Gasteiger partial charge on any atom is 0.242 e. The summed E-state index contributed by atoms with van der Waals surface area (Å²) in [4.78, 5) is 28.9. The van der Waals surface area contributed by atoms with Gasteiger partial charge in [-0.1, -0.05) is 22.8 Å². The lowest BCUT2D eigenvalue weighted by Gasteiger charge is -2.36. The molecule has 2 heterocycles. The zero-order valence-corrected chi connectivity index (χ0v) is 17.1. The molecule has 1 aromatic heterocycles. The van der Waals surface area contributed by atoms with Crippen LogP contribution in [-0.4, -0.2) is 54.6 Å². The summed E-state index contributed by atoms with van der Waals surface area (Å²) in [6, 6.07) is 7.71. The van der Waals surface area contributed by atoms with Crippen LogP contribution in [0.25, 0.3) is 0 Å². The number of piperazine rings is 1. The van der Waals surface area contributed by atoms with Crippen molar-refractivity contribution in [2.24, 2.45) is 0 Å². The number of aryl methyl sites for hydroxylation is 2. The van der Waals surface area contributed by atoms with Gasteiger partial charge in [-0.15, -0.1) is 0 Å². The van der Waals surface area contributed by atoms with Gasteiger partial charge in [0.05, 0.1) is 18.2 Å². The van der Waals surface area contributed by atoms with Crippen molar-refractivity contribution < 1.29 is 14.1 Å². The van der Waals surface area contributed by atoms with E-state index < -0.39 is 5.92 Å². The Balaban J connectivity index is 1.49. The zero-order valence-electron chi connectivity index (χ0n) is 16.4. The molecule has 1 fully saturated rings. The minimum Gasteiger partial charge on any atom is -0.368 e. The van der Waals surface area contributed by atoms with Gasteiger partial charge in [0.1, 0.15) is 5.76 Å². The van der Waals surface area contributed by atoms with Gasteiger partial charge in [0, 0.05) is 42.5 Å². The molecule has 150 valence electrons. The van der Waals surface area contributed by atoms with Gasteiger partial charge in [-0.2, -0.15) is 0 Å². The first-order chi connectivity index (χ1) is 13.4. The summed E-state index contributed by atoms with van der Waals surface area (Å²) in [6.45, 7) is 8.05. The zero-order chi connectivity index (χ0) is 20.3. The maximum absolute atomic E-state index is 12.5. The molecular weight excluding hydrogens is 380 g/mol. The minimum absolute atomic E-state index is 0.0102. The van der Waals surface area contributed by atoms with Crippen molar-refractivity contribution in [2.75, 3.05) is 37.6 Å². The third-order valence-corrected chi connectivity index (χ3v) is 5.37. The Labute approximate surface area is 169 Å². The smallest absolute Gasteiger partial charge is 0.242 e. The van der Waals surface area contributed by atoms with Crippen LogP contribution in [-0.2, 0) is 9.59 Å². The first kappa shape index (κ1) is 20.2. The lowest BCUT2D eigenvalue weighted by Crippen LogP contribution is -2.51. The third kappa shape index (κ3) is 4.47. The standard InChI is InChI=1S/C20H25ClN4O3/c1-13(19-14(2)23-28-15(19)3)20(27)22-12-18(26)25-9-7-24(8-10-25)17-6-4-5-16(21)11-17/h4-6,11,13H,7-10,12H2,1-3H3,(H,22,27). The molecule has 1 aromatic carbocycles. The fraction of sp³-hybridized carbons (Fsp3) is 0.450. The van der Waals surface area contributed by atoms with Gasteiger partial charge in [-0.25, -0.2) is 0 Å². The predicted octanol–water partition coefficient (Wildman–Crippen LogP) is 2.51. The van der Waals surface area contributed by atoms with Crippen LogP contribution in [0.5, 0.6) is 0 Å². The number of nitrogens with zero attached hydrogens (tertiary/aromatic N) is 3. The molecule has 0 spiro atoms. The summed E-state index contributed by atoms with van der Waals surface area (Å²) in [5.41, 5.74) is 2.53. The number of carbonyl (C=O) groups excluding carboxylic acids is 2. The Morgan fingerprint density at radius 1 is 1.25 bits per heavy atom. The molecule has 2 aromatic rings. The number of carbonyl (C=O) groups is 2. The molecule has 2 amide bonds. The number of hydrogen-bond acceptors (Lipinski definition) is 5. The molecule has 28 heavy (non-hydrogen) atoms. The van der Waals surface area contributed by atoms with Gasteiger partial charge in [-0.05, 0) is 39.0 Å². The van der Waals surface area contributed by atoms with Crippen molar-refractivity contribution in [2.45, 2.75) is 26.7 Å². The molecule has 7 nitrogen and oxygen atoms in total. The Morgan fingerprint density at radius 2 is 1.96 bits per heavy atom. The highest BCUT2D eigenvalue weighted by molar-refractivity contribution is 6.30. The van der Waals surface area contributed by atoms with Gasteiger partial charge in [0.2, 0.25) is 11.8 Å². The molecule has 3 rings (SSSR count). The van der Waals surface area contributed by atoms with Gasteiger partial charge in [-0.3, -0.25) is 9.59 Å². The fourth-order valence-corrected chi connectivity index (χ4v) is 3.74. The highest BCUT2D eigenvalue weighted by Gasteiger charge is 2.25. The van der Waals surface area contributed by atoms with E-state index in [9.17, 15) is 9.59 Å². The topological polar surface area (TPSA) is 78.7 Å². The first-order valence-electron chi connectivity index (χ1n) is 9.35. The maximum atomic E-state index is 12.5. The Morgan fingerprint density at radius 3 is 2.57 bits per heavy atom. The average molecular weight is 405 g/mol. The van der Waals surface area contributed by atoms with Crippen molar-refractivity contribution in [3.05, 3.63) is 46.3 Å². The highest BCUT2D eigenvalue weighted by atomic mass is 35.5. The largest absolute Gasteiger partial charge is 0.368 e. The van der Waals surface area contributed by atoms with Crippen LogP contribution in [0.1, 0.15) is 29.9 Å². The lowest BCUT2D eigenvalue weighted by molar-refractivity contribution is -0.133. The SMILES string of the molecule is Cc1noc(C)c1C(C)C(=O)NCC(=O)N1CCN(c2cccc(Cl)c2)CC1. The van der Waals surface area contributed by atoms with E-state index in [-0.39, 0.29) is 18.4 Å². The summed E-state index contributed by atoms with van der Waals surface area (Å²) in [7, 11) is 0. The molecule has 0 bridgehead atoms. The molecule has 8 heteroatoms. The number of halogens is 1. The molecular formula is C20H25ClN4O3. The third-order valence-electron chi connectivity index (χ3n) is 5.13. The lowest BCUT2D eigenvalue weighted by atomic mass is 9.99. The Hall–Kier alpha value is -2.54. The number of hydrogen-bond donors (Lipinski definition) is 1. The molecule has 1 aliphatic rings. The Bertz CT molecular complexity index is 839. The van der Waals surface area contributed by atoms with E-state index in [2.05, 4.69) is 15.4 Å². The quantitative estimate of drug-likeness (QED) is 0.828. The predicted molar refractivity (Wildman–Crippen MR) is 108 cm³/mol. The second-order valence-corrected chi connectivity index (χ2v) is 7.46. The molecule has 1 saturated heterocycles. The van der Waals surface area contributed by atoms with Crippen LogP contribution in [0.2, 0.25) is 5.02 Å². The van der Waals surface area contributed by atoms with Crippen molar-refractivity contribution in [3.8, 4) is 0 Å². The molecule has 1 aliphatic heterocycles. The number of rotatable bonds is 5. The van der Waals surface area contributed by atoms with Crippen molar-refractivity contribution in [3.63, 3.8) is 0 Å². The van der Waals surface area contributed by atoms with E-state index in [0.29, 0.717) is 29.6 Å².